The summed E-state index contributed by atoms with van der Waals surface area (Å²) in [6.45, 7) is 3.83. The molecule has 2 amide bonds. The molecule has 1 aromatic heterocycles. The number of nitrogens with zero attached hydrogens (tertiary/aromatic N) is 2. The summed E-state index contributed by atoms with van der Waals surface area (Å²) < 4.78 is 0. The Labute approximate surface area is 130 Å². The molecule has 22 heavy (non-hydrogen) atoms. The minimum absolute atomic E-state index is 0.104. The highest BCUT2D eigenvalue weighted by molar-refractivity contribution is 5.95. The zero-order valence-corrected chi connectivity index (χ0v) is 12.9. The summed E-state index contributed by atoms with van der Waals surface area (Å²) in [6.07, 6.45) is 4.14. The Morgan fingerprint density at radius 1 is 1.27 bits per heavy atom. The molecule has 0 saturated carbocycles. The van der Waals surface area contributed by atoms with Gasteiger partial charge in [0, 0.05) is 25.0 Å². The van der Waals surface area contributed by atoms with Gasteiger partial charge in [0.2, 0.25) is 0 Å². The van der Waals surface area contributed by atoms with Gasteiger partial charge >= 0.3 is 6.03 Å². The first-order chi connectivity index (χ1) is 10.5. The van der Waals surface area contributed by atoms with Crippen LogP contribution in [0.2, 0.25) is 0 Å². The number of hydrogen-bond acceptors (Lipinski definition) is 3. The summed E-state index contributed by atoms with van der Waals surface area (Å²) in [6, 6.07) is 8.71. The highest BCUT2D eigenvalue weighted by Gasteiger charge is 2.18. The van der Waals surface area contributed by atoms with E-state index < -0.39 is 0 Å². The molecule has 114 valence electrons. The van der Waals surface area contributed by atoms with E-state index in [1.807, 2.05) is 32.0 Å². The number of urea groups is 1. The van der Waals surface area contributed by atoms with Gasteiger partial charge in [0.1, 0.15) is 0 Å². The van der Waals surface area contributed by atoms with Crippen molar-refractivity contribution in [1.82, 2.24) is 9.88 Å². The molecule has 0 bridgehead atoms. The number of carbonyl (C=O) groups excluding carboxylic acids is 2. The van der Waals surface area contributed by atoms with Crippen LogP contribution < -0.4 is 5.32 Å². The molecular weight excluding hydrogens is 278 g/mol. The van der Waals surface area contributed by atoms with E-state index in [2.05, 4.69) is 10.3 Å². The second-order valence-corrected chi connectivity index (χ2v) is 5.21. The maximum atomic E-state index is 12.4. The molecule has 1 unspecified atom stereocenters. The average Bonchev–Trinajstić information content (AvgIpc) is 2.55. The molecule has 0 saturated heterocycles. The highest BCUT2D eigenvalue weighted by atomic mass is 16.2. The molecule has 1 aromatic carbocycles. The summed E-state index contributed by atoms with van der Waals surface area (Å²) in [4.78, 5) is 29.0. The predicted molar refractivity (Wildman–Crippen MR) is 86.0 cm³/mol. The first kappa shape index (κ1) is 15.7. The van der Waals surface area contributed by atoms with Crippen molar-refractivity contribution in [3.8, 4) is 0 Å². The molecule has 0 fully saturated rings. The van der Waals surface area contributed by atoms with Gasteiger partial charge in [-0.3, -0.25) is 9.78 Å². The lowest BCUT2D eigenvalue weighted by Crippen LogP contribution is -2.33. The molecule has 1 heterocycles. The van der Waals surface area contributed by atoms with Crippen LogP contribution in [0.25, 0.3) is 0 Å². The fourth-order valence-corrected chi connectivity index (χ4v) is 2.14. The number of hydrogen-bond donors (Lipinski definition) is 1. The molecule has 0 aliphatic carbocycles. The van der Waals surface area contributed by atoms with Crippen molar-refractivity contribution in [2.24, 2.45) is 0 Å². The summed E-state index contributed by atoms with van der Waals surface area (Å²) in [5.74, 6) is 0. The van der Waals surface area contributed by atoms with Gasteiger partial charge in [0.05, 0.1) is 11.7 Å². The van der Waals surface area contributed by atoms with E-state index in [0.29, 0.717) is 11.3 Å². The molecule has 1 N–H and O–H groups in total. The van der Waals surface area contributed by atoms with E-state index >= 15 is 0 Å². The van der Waals surface area contributed by atoms with Crippen LogP contribution in [0.15, 0.2) is 42.7 Å². The summed E-state index contributed by atoms with van der Waals surface area (Å²) >= 11 is 0. The van der Waals surface area contributed by atoms with Gasteiger partial charge < -0.3 is 10.2 Å². The molecule has 5 heteroatoms. The number of anilines is 1. The van der Waals surface area contributed by atoms with Crippen molar-refractivity contribution >= 4 is 18.0 Å². The average molecular weight is 297 g/mol. The number of amides is 2. The van der Waals surface area contributed by atoms with Gasteiger partial charge in [-0.15, -0.1) is 0 Å². The van der Waals surface area contributed by atoms with Gasteiger partial charge in [0.25, 0.3) is 0 Å². The van der Waals surface area contributed by atoms with Crippen LogP contribution in [0.1, 0.15) is 34.5 Å². The number of aromatic nitrogens is 1. The minimum Gasteiger partial charge on any atom is -0.321 e. The van der Waals surface area contributed by atoms with E-state index in [4.69, 9.17) is 0 Å². The van der Waals surface area contributed by atoms with Crippen LogP contribution in [0.5, 0.6) is 0 Å². The first-order valence-electron chi connectivity index (χ1n) is 7.02. The molecule has 0 aliphatic heterocycles. The van der Waals surface area contributed by atoms with E-state index in [-0.39, 0.29) is 12.1 Å². The monoisotopic (exact) mass is 297 g/mol. The van der Waals surface area contributed by atoms with Gasteiger partial charge in [-0.2, -0.15) is 0 Å². The molecule has 5 nitrogen and oxygen atoms in total. The lowest BCUT2D eigenvalue weighted by molar-refractivity contribution is 0.112. The Kier molecular flexibility index (Phi) is 4.88. The molecule has 2 aromatic rings. The Morgan fingerprint density at radius 2 is 1.95 bits per heavy atom. The second-order valence-electron chi connectivity index (χ2n) is 5.21. The Morgan fingerprint density at radius 3 is 2.59 bits per heavy atom. The van der Waals surface area contributed by atoms with Crippen molar-refractivity contribution in [2.75, 3.05) is 12.4 Å². The smallest absolute Gasteiger partial charge is 0.321 e. The molecule has 0 aliphatic rings. The summed E-state index contributed by atoms with van der Waals surface area (Å²) in [5, 5.41) is 2.78. The van der Waals surface area contributed by atoms with Crippen LogP contribution in [0.4, 0.5) is 10.5 Å². The number of aryl methyl sites for hydroxylation is 1. The Balaban J connectivity index is 2.13. The van der Waals surface area contributed by atoms with Gasteiger partial charge in [0.15, 0.2) is 6.29 Å². The number of nitrogens with one attached hydrogen (secondary N) is 1. The maximum Gasteiger partial charge on any atom is 0.322 e. The van der Waals surface area contributed by atoms with Crippen molar-refractivity contribution in [3.05, 3.63) is 59.4 Å². The third-order valence-electron chi connectivity index (χ3n) is 3.67. The number of pyridine rings is 1. The second kappa shape index (κ2) is 6.85. The van der Waals surface area contributed by atoms with Crippen molar-refractivity contribution in [2.45, 2.75) is 19.9 Å². The maximum absolute atomic E-state index is 12.4. The van der Waals surface area contributed by atoms with E-state index in [9.17, 15) is 9.59 Å². The van der Waals surface area contributed by atoms with Crippen molar-refractivity contribution in [3.63, 3.8) is 0 Å². The fraction of sp³-hybridized carbons (Fsp3) is 0.235. The minimum atomic E-state index is -0.267. The van der Waals surface area contributed by atoms with Crippen LogP contribution in [-0.4, -0.2) is 29.2 Å². The van der Waals surface area contributed by atoms with E-state index in [1.54, 1.807) is 36.5 Å². The van der Waals surface area contributed by atoms with E-state index in [0.717, 1.165) is 17.4 Å². The normalized spacial score (nSPS) is 11.6. The largest absolute Gasteiger partial charge is 0.322 e. The standard InChI is InChI=1S/C17H19N3O2/c1-12-4-5-16(15(10-12)11-21)19-17(22)20(3)13(2)14-6-8-18-9-7-14/h4-11,13H,1-3H3,(H,19,22). The fourth-order valence-electron chi connectivity index (χ4n) is 2.14. The van der Waals surface area contributed by atoms with Gasteiger partial charge in [-0.25, -0.2) is 4.79 Å². The quantitative estimate of drug-likeness (QED) is 0.879. The highest BCUT2D eigenvalue weighted by Crippen LogP contribution is 2.20. The molecule has 2 rings (SSSR count). The van der Waals surface area contributed by atoms with E-state index in [1.165, 1.54) is 0 Å². The lowest BCUT2D eigenvalue weighted by Gasteiger charge is -2.25. The van der Waals surface area contributed by atoms with Gasteiger partial charge in [-0.05, 0) is 43.7 Å². The molecule has 1 atom stereocenters. The molecular formula is C17H19N3O2. The number of rotatable bonds is 4. The lowest BCUT2D eigenvalue weighted by atomic mass is 10.1. The SMILES string of the molecule is Cc1ccc(NC(=O)N(C)C(C)c2ccncc2)c(C=O)c1. The molecule has 0 spiro atoms. The van der Waals surface area contributed by atoms with Crippen LogP contribution in [-0.2, 0) is 0 Å². The zero-order valence-electron chi connectivity index (χ0n) is 12.9. The number of aldehydes is 1. The van der Waals surface area contributed by atoms with Crippen LogP contribution in [0.3, 0.4) is 0 Å². The van der Waals surface area contributed by atoms with Crippen molar-refractivity contribution in [1.29, 1.82) is 0 Å². The number of benzene rings is 1. The predicted octanol–water partition coefficient (Wildman–Crippen LogP) is 3.43. The topological polar surface area (TPSA) is 62.3 Å². The Bertz CT molecular complexity index is 671. The third-order valence-corrected chi connectivity index (χ3v) is 3.67. The number of carbonyl (C=O) groups is 2. The van der Waals surface area contributed by atoms with Crippen molar-refractivity contribution < 1.29 is 9.59 Å². The summed E-state index contributed by atoms with van der Waals surface area (Å²) in [7, 11) is 1.72. The zero-order chi connectivity index (χ0) is 16.1. The first-order valence-corrected chi connectivity index (χ1v) is 7.02. The Hall–Kier alpha value is -2.69. The third kappa shape index (κ3) is 3.49. The van der Waals surface area contributed by atoms with Crippen LogP contribution >= 0.6 is 0 Å². The van der Waals surface area contributed by atoms with Crippen LogP contribution in [0, 0.1) is 6.92 Å². The van der Waals surface area contributed by atoms with Gasteiger partial charge in [-0.1, -0.05) is 11.6 Å². The summed E-state index contributed by atoms with van der Waals surface area (Å²) in [5.41, 5.74) is 2.95. The molecule has 0 radical (unpaired) electrons.